The van der Waals surface area contributed by atoms with Gasteiger partial charge in [-0.2, -0.15) is 0 Å². The zero-order valence-corrected chi connectivity index (χ0v) is 11.3. The summed E-state index contributed by atoms with van der Waals surface area (Å²) in [7, 11) is 0. The van der Waals surface area contributed by atoms with Crippen molar-refractivity contribution >= 4 is 0 Å². The first-order valence-electron chi connectivity index (χ1n) is 7.02. The van der Waals surface area contributed by atoms with E-state index in [1.807, 2.05) is 0 Å². The van der Waals surface area contributed by atoms with Gasteiger partial charge >= 0.3 is 0 Å². The van der Waals surface area contributed by atoms with E-state index >= 15 is 0 Å². The second-order valence-electron chi connectivity index (χ2n) is 7.64. The van der Waals surface area contributed by atoms with E-state index in [-0.39, 0.29) is 5.41 Å². The van der Waals surface area contributed by atoms with Gasteiger partial charge in [0.1, 0.15) is 0 Å². The molecule has 0 amide bonds. The fourth-order valence-corrected chi connectivity index (χ4v) is 5.95. The van der Waals surface area contributed by atoms with Gasteiger partial charge in [0, 0.05) is 5.41 Å². The van der Waals surface area contributed by atoms with Crippen LogP contribution in [0.25, 0.3) is 0 Å². The van der Waals surface area contributed by atoms with Crippen LogP contribution in [-0.4, -0.2) is 10.7 Å². The monoisotopic (exact) mass is 222 g/mol. The third-order valence-corrected chi connectivity index (χ3v) is 6.87. The predicted octanol–water partition coefficient (Wildman–Crippen LogP) is 3.75. The molecule has 16 heavy (non-hydrogen) atoms. The summed E-state index contributed by atoms with van der Waals surface area (Å²) in [6.07, 6.45) is 8.09. The van der Waals surface area contributed by atoms with Gasteiger partial charge in [0.2, 0.25) is 0 Å². The van der Waals surface area contributed by atoms with Crippen molar-refractivity contribution in [1.82, 2.24) is 0 Å². The summed E-state index contributed by atoms with van der Waals surface area (Å²) in [6.45, 7) is 9.04. The van der Waals surface area contributed by atoms with E-state index in [4.69, 9.17) is 0 Å². The fraction of sp³-hybridized carbons (Fsp3) is 1.00. The Balaban J connectivity index is 2.06. The molecule has 4 atom stereocenters. The van der Waals surface area contributed by atoms with Crippen molar-refractivity contribution in [3.63, 3.8) is 0 Å². The lowest BCUT2D eigenvalue weighted by Gasteiger charge is -2.46. The van der Waals surface area contributed by atoms with Crippen LogP contribution in [0.15, 0.2) is 0 Å². The third kappa shape index (κ3) is 0.903. The van der Waals surface area contributed by atoms with Crippen LogP contribution >= 0.6 is 0 Å². The molecule has 3 rings (SSSR count). The Morgan fingerprint density at radius 2 is 1.88 bits per heavy atom. The lowest BCUT2D eigenvalue weighted by Crippen LogP contribution is -2.42. The summed E-state index contributed by atoms with van der Waals surface area (Å²) >= 11 is 0. The Morgan fingerprint density at radius 1 is 1.19 bits per heavy atom. The van der Waals surface area contributed by atoms with Crippen LogP contribution in [0.3, 0.4) is 0 Å². The minimum atomic E-state index is -0.476. The van der Waals surface area contributed by atoms with Gasteiger partial charge in [0.05, 0.1) is 5.60 Å². The van der Waals surface area contributed by atoms with Crippen molar-refractivity contribution in [2.75, 3.05) is 0 Å². The van der Waals surface area contributed by atoms with Crippen molar-refractivity contribution < 1.29 is 5.11 Å². The second kappa shape index (κ2) is 2.68. The molecule has 0 aliphatic heterocycles. The van der Waals surface area contributed by atoms with E-state index in [2.05, 4.69) is 27.7 Å². The predicted molar refractivity (Wildman–Crippen MR) is 66.1 cm³/mol. The maximum Gasteiger partial charge on any atom is 0.0653 e. The largest absolute Gasteiger partial charge is 0.390 e. The van der Waals surface area contributed by atoms with Crippen LogP contribution in [0.5, 0.6) is 0 Å². The molecule has 0 heterocycles. The molecule has 1 nitrogen and oxygen atoms in total. The van der Waals surface area contributed by atoms with E-state index in [0.717, 1.165) is 5.92 Å². The molecular weight excluding hydrogens is 196 g/mol. The molecule has 92 valence electrons. The zero-order chi connectivity index (χ0) is 11.8. The summed E-state index contributed by atoms with van der Waals surface area (Å²) in [6, 6.07) is 0. The standard InChI is InChI=1S/C15H26O/c1-11-6-5-7-13(4)8-9-14(12(2,3)16)10-15(11,13)14/h11,16H,5-10H2,1-4H3/t11-,13-,14+,15-/m0/s1. The Hall–Kier alpha value is -0.0400. The van der Waals surface area contributed by atoms with Gasteiger partial charge in [-0.15, -0.1) is 0 Å². The van der Waals surface area contributed by atoms with E-state index in [9.17, 15) is 5.11 Å². The van der Waals surface area contributed by atoms with Crippen molar-refractivity contribution in [3.05, 3.63) is 0 Å². The van der Waals surface area contributed by atoms with E-state index in [0.29, 0.717) is 10.8 Å². The minimum absolute atomic E-state index is 0.259. The summed E-state index contributed by atoms with van der Waals surface area (Å²) < 4.78 is 0. The maximum absolute atomic E-state index is 10.6. The Bertz CT molecular complexity index is 329. The summed E-state index contributed by atoms with van der Waals surface area (Å²) in [5, 5.41) is 10.6. The van der Waals surface area contributed by atoms with E-state index < -0.39 is 5.60 Å². The molecule has 0 saturated heterocycles. The minimum Gasteiger partial charge on any atom is -0.390 e. The molecule has 0 aromatic carbocycles. The molecule has 1 heteroatoms. The Kier molecular flexibility index (Phi) is 1.86. The summed E-state index contributed by atoms with van der Waals surface area (Å²) in [4.78, 5) is 0. The van der Waals surface area contributed by atoms with E-state index in [1.54, 1.807) is 0 Å². The fourth-order valence-electron chi connectivity index (χ4n) is 5.95. The second-order valence-corrected chi connectivity index (χ2v) is 7.64. The highest BCUT2D eigenvalue weighted by Gasteiger charge is 2.83. The molecule has 0 bridgehead atoms. The molecule has 3 aliphatic carbocycles. The quantitative estimate of drug-likeness (QED) is 0.716. The SMILES string of the molecule is C[C@H]1CCC[C@@]2(C)CC[C@]3(C(C)(C)O)C[C@]123. The van der Waals surface area contributed by atoms with Crippen LogP contribution in [0.2, 0.25) is 0 Å². The molecule has 0 radical (unpaired) electrons. The first kappa shape index (κ1) is 11.1. The first-order chi connectivity index (χ1) is 7.29. The van der Waals surface area contributed by atoms with Gasteiger partial charge in [-0.25, -0.2) is 0 Å². The van der Waals surface area contributed by atoms with Crippen molar-refractivity contribution in [3.8, 4) is 0 Å². The Morgan fingerprint density at radius 3 is 2.44 bits per heavy atom. The van der Waals surface area contributed by atoms with Gasteiger partial charge in [0.15, 0.2) is 0 Å². The molecule has 0 aromatic heterocycles. The molecule has 1 spiro atoms. The number of aliphatic hydroxyl groups is 1. The molecule has 3 fully saturated rings. The van der Waals surface area contributed by atoms with Crippen LogP contribution < -0.4 is 0 Å². The molecule has 0 unspecified atom stereocenters. The zero-order valence-electron chi connectivity index (χ0n) is 11.3. The van der Waals surface area contributed by atoms with Crippen LogP contribution in [0.1, 0.15) is 66.2 Å². The van der Waals surface area contributed by atoms with Crippen LogP contribution in [0, 0.1) is 22.2 Å². The molecule has 3 aliphatic rings. The smallest absolute Gasteiger partial charge is 0.0653 e. The van der Waals surface area contributed by atoms with Crippen LogP contribution in [0.4, 0.5) is 0 Å². The van der Waals surface area contributed by atoms with Crippen LogP contribution in [-0.2, 0) is 0 Å². The van der Waals surface area contributed by atoms with Crippen molar-refractivity contribution in [2.45, 2.75) is 71.8 Å². The summed E-state index contributed by atoms with van der Waals surface area (Å²) in [5.74, 6) is 0.820. The average Bonchev–Trinajstić information content (AvgIpc) is 2.78. The lowest BCUT2D eigenvalue weighted by atomic mass is 9.59. The van der Waals surface area contributed by atoms with Gasteiger partial charge in [-0.3, -0.25) is 0 Å². The van der Waals surface area contributed by atoms with Gasteiger partial charge < -0.3 is 5.11 Å². The molecule has 0 aromatic rings. The highest BCUT2D eigenvalue weighted by molar-refractivity contribution is 5.31. The Labute approximate surface area is 99.6 Å². The highest BCUT2D eigenvalue weighted by Crippen LogP contribution is 2.88. The number of rotatable bonds is 1. The first-order valence-corrected chi connectivity index (χ1v) is 7.02. The molecular formula is C15H26O. The summed E-state index contributed by atoms with van der Waals surface area (Å²) in [5.41, 5.74) is 0.798. The number of hydrogen-bond donors (Lipinski definition) is 1. The maximum atomic E-state index is 10.6. The van der Waals surface area contributed by atoms with Gasteiger partial charge in [-0.1, -0.05) is 26.7 Å². The number of hydrogen-bond acceptors (Lipinski definition) is 1. The van der Waals surface area contributed by atoms with Gasteiger partial charge in [-0.05, 0) is 56.3 Å². The normalized spacial score (nSPS) is 55.7. The third-order valence-electron chi connectivity index (χ3n) is 6.87. The van der Waals surface area contributed by atoms with E-state index in [1.165, 1.54) is 38.5 Å². The lowest BCUT2D eigenvalue weighted by molar-refractivity contribution is -0.0430. The average molecular weight is 222 g/mol. The molecule has 1 N–H and O–H groups in total. The highest BCUT2D eigenvalue weighted by atomic mass is 16.3. The van der Waals surface area contributed by atoms with Crippen molar-refractivity contribution in [2.24, 2.45) is 22.2 Å². The topological polar surface area (TPSA) is 20.2 Å². The molecule has 3 saturated carbocycles. The van der Waals surface area contributed by atoms with Gasteiger partial charge in [0.25, 0.3) is 0 Å². The van der Waals surface area contributed by atoms with Crippen molar-refractivity contribution in [1.29, 1.82) is 0 Å².